The van der Waals surface area contributed by atoms with E-state index < -0.39 is 0 Å². The maximum absolute atomic E-state index is 12.8. The second kappa shape index (κ2) is 2.05. The van der Waals surface area contributed by atoms with Gasteiger partial charge < -0.3 is 4.42 Å². The first-order chi connectivity index (χ1) is 5.29. The van der Waals surface area contributed by atoms with Crippen molar-refractivity contribution in [3.63, 3.8) is 0 Å². The molecule has 0 N–H and O–H groups in total. The van der Waals surface area contributed by atoms with Gasteiger partial charge in [0.25, 0.3) is 0 Å². The van der Waals surface area contributed by atoms with E-state index in [0.717, 1.165) is 0 Å². The predicted molar refractivity (Wildman–Crippen MR) is 38.7 cm³/mol. The summed E-state index contributed by atoms with van der Waals surface area (Å²) in [6.45, 7) is 1.67. The second-order valence-electron chi connectivity index (χ2n) is 2.37. The molecule has 2 aromatic rings. The van der Waals surface area contributed by atoms with Crippen molar-refractivity contribution in [2.24, 2.45) is 0 Å². The summed E-state index contributed by atoms with van der Waals surface area (Å²) in [5, 5.41) is 0. The lowest BCUT2D eigenvalue weighted by molar-refractivity contribution is 0.583. The number of aryl methyl sites for hydroxylation is 1. The van der Waals surface area contributed by atoms with Crippen LogP contribution in [0.25, 0.3) is 11.1 Å². The third-order valence-corrected chi connectivity index (χ3v) is 1.68. The number of nitrogens with zero attached hydrogens (tertiary/aromatic N) is 1. The van der Waals surface area contributed by atoms with E-state index in [4.69, 9.17) is 4.42 Å². The maximum Gasteiger partial charge on any atom is 0.181 e. The van der Waals surface area contributed by atoms with Crippen molar-refractivity contribution in [2.75, 3.05) is 0 Å². The van der Waals surface area contributed by atoms with Crippen molar-refractivity contribution >= 4 is 11.1 Å². The minimum atomic E-state index is -0.255. The van der Waals surface area contributed by atoms with E-state index in [-0.39, 0.29) is 5.82 Å². The standard InChI is InChI=1S/C8H6FNO/c1-5-6(9)2-3-7-8(5)11-4-10-7/h2-4H,1H3. The van der Waals surface area contributed by atoms with Crippen molar-refractivity contribution < 1.29 is 8.81 Å². The van der Waals surface area contributed by atoms with Gasteiger partial charge >= 0.3 is 0 Å². The van der Waals surface area contributed by atoms with Crippen molar-refractivity contribution in [3.8, 4) is 0 Å². The number of benzene rings is 1. The molecule has 3 heteroatoms. The second-order valence-corrected chi connectivity index (χ2v) is 2.37. The van der Waals surface area contributed by atoms with Crippen molar-refractivity contribution in [1.82, 2.24) is 4.98 Å². The molecule has 2 nitrogen and oxygen atoms in total. The summed E-state index contributed by atoms with van der Waals surface area (Å²) >= 11 is 0. The lowest BCUT2D eigenvalue weighted by Gasteiger charge is -1.93. The van der Waals surface area contributed by atoms with Crippen LogP contribution in [0.2, 0.25) is 0 Å². The molecule has 0 amide bonds. The number of oxazole rings is 1. The van der Waals surface area contributed by atoms with E-state index >= 15 is 0 Å². The highest BCUT2D eigenvalue weighted by molar-refractivity contribution is 5.75. The molecule has 0 atom stereocenters. The average molecular weight is 151 g/mol. The Morgan fingerprint density at radius 2 is 2.27 bits per heavy atom. The lowest BCUT2D eigenvalue weighted by atomic mass is 10.2. The molecule has 11 heavy (non-hydrogen) atoms. The molecule has 56 valence electrons. The van der Waals surface area contributed by atoms with Crippen LogP contribution in [-0.2, 0) is 0 Å². The molecular formula is C8H6FNO. The Bertz CT molecular complexity index is 394. The highest BCUT2D eigenvalue weighted by Gasteiger charge is 2.05. The van der Waals surface area contributed by atoms with E-state index in [1.807, 2.05) is 0 Å². The van der Waals surface area contributed by atoms with E-state index in [9.17, 15) is 4.39 Å². The molecule has 1 heterocycles. The molecule has 0 aliphatic rings. The van der Waals surface area contributed by atoms with Gasteiger partial charge in [-0.3, -0.25) is 0 Å². The van der Waals surface area contributed by atoms with Gasteiger partial charge in [0.2, 0.25) is 0 Å². The number of hydrogen-bond acceptors (Lipinski definition) is 2. The number of halogens is 1. The highest BCUT2D eigenvalue weighted by Crippen LogP contribution is 2.18. The summed E-state index contributed by atoms with van der Waals surface area (Å²) < 4.78 is 17.8. The van der Waals surface area contributed by atoms with Gasteiger partial charge in [-0.15, -0.1) is 0 Å². The van der Waals surface area contributed by atoms with Crippen LogP contribution in [0.15, 0.2) is 22.9 Å². The molecule has 1 aromatic heterocycles. The third-order valence-electron chi connectivity index (χ3n) is 1.68. The average Bonchev–Trinajstić information content (AvgIpc) is 2.45. The molecule has 0 saturated carbocycles. The Morgan fingerprint density at radius 3 is 3.09 bits per heavy atom. The van der Waals surface area contributed by atoms with Crippen LogP contribution in [0.4, 0.5) is 4.39 Å². The zero-order valence-corrected chi connectivity index (χ0v) is 5.97. The summed E-state index contributed by atoms with van der Waals surface area (Å²) in [4.78, 5) is 3.89. The summed E-state index contributed by atoms with van der Waals surface area (Å²) in [6.07, 6.45) is 1.32. The minimum absolute atomic E-state index is 0.255. The van der Waals surface area contributed by atoms with Gasteiger partial charge in [-0.2, -0.15) is 0 Å². The molecule has 2 rings (SSSR count). The molecule has 0 spiro atoms. The third kappa shape index (κ3) is 0.808. The quantitative estimate of drug-likeness (QED) is 0.577. The van der Waals surface area contributed by atoms with Crippen molar-refractivity contribution in [1.29, 1.82) is 0 Å². The summed E-state index contributed by atoms with van der Waals surface area (Å²) in [7, 11) is 0. The summed E-state index contributed by atoms with van der Waals surface area (Å²) in [5.41, 5.74) is 1.74. The van der Waals surface area contributed by atoms with E-state index in [1.165, 1.54) is 12.5 Å². The van der Waals surface area contributed by atoms with E-state index in [0.29, 0.717) is 16.7 Å². The van der Waals surface area contributed by atoms with Crippen LogP contribution in [0, 0.1) is 12.7 Å². The van der Waals surface area contributed by atoms with Gasteiger partial charge in [-0.25, -0.2) is 9.37 Å². The monoisotopic (exact) mass is 151 g/mol. The lowest BCUT2D eigenvalue weighted by Crippen LogP contribution is -1.81. The van der Waals surface area contributed by atoms with Crippen LogP contribution in [-0.4, -0.2) is 4.98 Å². The van der Waals surface area contributed by atoms with Gasteiger partial charge in [-0.1, -0.05) is 0 Å². The van der Waals surface area contributed by atoms with Gasteiger partial charge in [0, 0.05) is 5.56 Å². The molecule has 0 bridgehead atoms. The summed E-state index contributed by atoms with van der Waals surface area (Å²) in [6, 6.07) is 2.99. The number of fused-ring (bicyclic) bond motifs is 1. The first-order valence-corrected chi connectivity index (χ1v) is 3.27. The molecule has 0 aliphatic carbocycles. The van der Waals surface area contributed by atoms with E-state index in [2.05, 4.69) is 4.98 Å². The zero-order chi connectivity index (χ0) is 7.84. The van der Waals surface area contributed by atoms with Crippen LogP contribution in [0.1, 0.15) is 5.56 Å². The molecule has 1 aromatic carbocycles. The minimum Gasteiger partial charge on any atom is -0.443 e. The Labute approximate surface area is 62.7 Å². The largest absolute Gasteiger partial charge is 0.443 e. The highest BCUT2D eigenvalue weighted by atomic mass is 19.1. The number of aromatic nitrogens is 1. The first-order valence-electron chi connectivity index (χ1n) is 3.27. The smallest absolute Gasteiger partial charge is 0.181 e. The van der Waals surface area contributed by atoms with Gasteiger partial charge in [0.05, 0.1) is 0 Å². The van der Waals surface area contributed by atoms with Crippen molar-refractivity contribution in [2.45, 2.75) is 6.92 Å². The first kappa shape index (κ1) is 6.34. The van der Waals surface area contributed by atoms with Crippen LogP contribution in [0.3, 0.4) is 0 Å². The van der Waals surface area contributed by atoms with Crippen LogP contribution in [0.5, 0.6) is 0 Å². The number of rotatable bonds is 0. The Kier molecular flexibility index (Phi) is 1.18. The molecular weight excluding hydrogens is 145 g/mol. The number of hydrogen-bond donors (Lipinski definition) is 0. The summed E-state index contributed by atoms with van der Waals surface area (Å²) in [5.74, 6) is -0.255. The topological polar surface area (TPSA) is 26.0 Å². The van der Waals surface area contributed by atoms with Crippen molar-refractivity contribution in [3.05, 3.63) is 29.9 Å². The maximum atomic E-state index is 12.8. The molecule has 0 radical (unpaired) electrons. The van der Waals surface area contributed by atoms with Gasteiger partial charge in [-0.05, 0) is 19.1 Å². The Hall–Kier alpha value is -1.38. The molecule has 0 fully saturated rings. The van der Waals surface area contributed by atoms with Crippen LogP contribution < -0.4 is 0 Å². The zero-order valence-electron chi connectivity index (χ0n) is 5.97. The fraction of sp³-hybridized carbons (Fsp3) is 0.125. The molecule has 0 saturated heterocycles. The van der Waals surface area contributed by atoms with Crippen LogP contribution >= 0.6 is 0 Å². The predicted octanol–water partition coefficient (Wildman–Crippen LogP) is 2.28. The normalized spacial score (nSPS) is 10.7. The SMILES string of the molecule is Cc1c(F)ccc2ncoc12. The Balaban J connectivity index is 2.93. The van der Waals surface area contributed by atoms with E-state index in [1.54, 1.807) is 13.0 Å². The molecule has 0 aliphatic heterocycles. The molecule has 0 unspecified atom stereocenters. The fourth-order valence-electron chi connectivity index (χ4n) is 1.04. The van der Waals surface area contributed by atoms with Gasteiger partial charge in [0.1, 0.15) is 11.3 Å². The Morgan fingerprint density at radius 1 is 1.45 bits per heavy atom. The van der Waals surface area contributed by atoms with Gasteiger partial charge in [0.15, 0.2) is 12.0 Å². The fourth-order valence-corrected chi connectivity index (χ4v) is 1.04.